The number of carbonyl (C=O) groups is 2. The molecule has 0 radical (unpaired) electrons. The van der Waals surface area contributed by atoms with Gasteiger partial charge in [-0.2, -0.15) is 0 Å². The predicted molar refractivity (Wildman–Crippen MR) is 99.8 cm³/mol. The van der Waals surface area contributed by atoms with Gasteiger partial charge >= 0.3 is 0 Å². The van der Waals surface area contributed by atoms with Crippen LogP contribution in [0.15, 0.2) is 47.5 Å². The molecular weight excluding hydrogens is 354 g/mol. The highest BCUT2D eigenvalue weighted by atomic mass is 32.1. The second-order valence-corrected chi connectivity index (χ2v) is 7.01. The molecule has 26 heavy (non-hydrogen) atoms. The van der Waals surface area contributed by atoms with Crippen LogP contribution < -0.4 is 4.90 Å². The number of Topliss-reactive ketones (excluding diaryl/α,β-unsaturated/α-hetero) is 1. The third-order valence-electron chi connectivity index (χ3n) is 4.02. The Morgan fingerprint density at radius 1 is 1.27 bits per heavy atom. The summed E-state index contributed by atoms with van der Waals surface area (Å²) in [5.41, 5.74) is 1.52. The van der Waals surface area contributed by atoms with Crippen molar-refractivity contribution in [2.45, 2.75) is 6.42 Å². The molecule has 2 heterocycles. The van der Waals surface area contributed by atoms with Crippen molar-refractivity contribution in [3.05, 3.63) is 68.0 Å². The number of rotatable bonds is 3. The molecule has 0 N–H and O–H groups in total. The summed E-state index contributed by atoms with van der Waals surface area (Å²) in [6, 6.07) is 7.26. The zero-order valence-corrected chi connectivity index (χ0v) is 15.2. The summed E-state index contributed by atoms with van der Waals surface area (Å²) in [4.78, 5) is 39.9. The number of thiophene rings is 1. The number of amides is 1. The van der Waals surface area contributed by atoms with Crippen LogP contribution in [-0.2, 0) is 0 Å². The summed E-state index contributed by atoms with van der Waals surface area (Å²) in [6.07, 6.45) is 2.23. The molecule has 134 valence electrons. The van der Waals surface area contributed by atoms with Crippen molar-refractivity contribution < 1.29 is 14.5 Å². The van der Waals surface area contributed by atoms with Crippen LogP contribution in [-0.4, -0.2) is 42.2 Å². The van der Waals surface area contributed by atoms with Gasteiger partial charge in [-0.1, -0.05) is 0 Å². The third-order valence-corrected chi connectivity index (χ3v) is 4.92. The lowest BCUT2D eigenvalue weighted by Crippen LogP contribution is -2.31. The number of benzene rings is 1. The molecule has 0 saturated carbocycles. The Bertz CT molecular complexity index is 899. The highest BCUT2D eigenvalue weighted by Crippen LogP contribution is 2.34. The average molecular weight is 371 g/mol. The van der Waals surface area contributed by atoms with Crippen LogP contribution in [0.5, 0.6) is 0 Å². The second-order valence-electron chi connectivity index (χ2n) is 6.09. The lowest BCUT2D eigenvalue weighted by molar-refractivity contribution is -0.384. The van der Waals surface area contributed by atoms with E-state index < -0.39 is 4.92 Å². The number of non-ortho nitro benzene ring substituents is 1. The van der Waals surface area contributed by atoms with Crippen LogP contribution in [0.1, 0.15) is 26.5 Å². The number of nitro benzene ring substituents is 1. The Kier molecular flexibility index (Phi) is 4.85. The zero-order chi connectivity index (χ0) is 18.8. The standard InChI is InChI=1S/C18H17N3O4S/c1-19(2)11-13-7-9-20(15-8-10-26-17(15)16(13)22)18(23)12-3-5-14(6-4-12)21(24)25/h3-6,8,10-11H,7,9H2,1-2H3. The first-order valence-electron chi connectivity index (χ1n) is 7.94. The van der Waals surface area contributed by atoms with Gasteiger partial charge in [0.2, 0.25) is 5.78 Å². The van der Waals surface area contributed by atoms with E-state index >= 15 is 0 Å². The fourth-order valence-corrected chi connectivity index (χ4v) is 3.69. The Morgan fingerprint density at radius 2 is 1.96 bits per heavy atom. The first kappa shape index (κ1) is 17.8. The normalized spacial score (nSPS) is 15.5. The van der Waals surface area contributed by atoms with Gasteiger partial charge in [-0.05, 0) is 30.0 Å². The monoisotopic (exact) mass is 371 g/mol. The Morgan fingerprint density at radius 3 is 2.58 bits per heavy atom. The molecule has 8 heteroatoms. The van der Waals surface area contributed by atoms with Crippen LogP contribution in [0.3, 0.4) is 0 Å². The van der Waals surface area contributed by atoms with Crippen LogP contribution in [0, 0.1) is 10.1 Å². The van der Waals surface area contributed by atoms with Gasteiger partial charge in [0.15, 0.2) is 0 Å². The molecular formula is C18H17N3O4S. The minimum absolute atomic E-state index is 0.0669. The molecule has 0 atom stereocenters. The lowest BCUT2D eigenvalue weighted by Gasteiger charge is -2.20. The fourth-order valence-electron chi connectivity index (χ4n) is 2.82. The molecule has 0 aliphatic carbocycles. The lowest BCUT2D eigenvalue weighted by atomic mass is 10.1. The molecule has 0 fully saturated rings. The van der Waals surface area contributed by atoms with Crippen molar-refractivity contribution in [3.8, 4) is 0 Å². The molecule has 1 amide bonds. The van der Waals surface area contributed by atoms with E-state index in [2.05, 4.69) is 0 Å². The summed E-state index contributed by atoms with van der Waals surface area (Å²) in [5, 5.41) is 12.6. The summed E-state index contributed by atoms with van der Waals surface area (Å²) >= 11 is 1.31. The zero-order valence-electron chi connectivity index (χ0n) is 14.3. The minimum Gasteiger partial charge on any atom is -0.383 e. The van der Waals surface area contributed by atoms with Gasteiger partial charge in [-0.25, -0.2) is 0 Å². The van der Waals surface area contributed by atoms with Crippen LogP contribution >= 0.6 is 11.3 Å². The number of nitro groups is 1. The Labute approximate surface area is 154 Å². The van der Waals surface area contributed by atoms with E-state index in [0.717, 1.165) is 0 Å². The minimum atomic E-state index is -0.506. The first-order chi connectivity index (χ1) is 12.4. The maximum Gasteiger partial charge on any atom is 0.269 e. The molecule has 1 aliphatic heterocycles. The molecule has 1 aromatic carbocycles. The van der Waals surface area contributed by atoms with Crippen molar-refractivity contribution in [2.24, 2.45) is 0 Å². The quantitative estimate of drug-likeness (QED) is 0.469. The molecule has 1 aromatic heterocycles. The van der Waals surface area contributed by atoms with Crippen molar-refractivity contribution in [1.82, 2.24) is 4.90 Å². The Balaban J connectivity index is 1.96. The summed E-state index contributed by atoms with van der Waals surface area (Å²) < 4.78 is 0. The number of fused-ring (bicyclic) bond motifs is 1. The van der Waals surface area contributed by atoms with Crippen LogP contribution in [0.4, 0.5) is 11.4 Å². The van der Waals surface area contributed by atoms with Gasteiger partial charge in [0.05, 0.1) is 15.5 Å². The topological polar surface area (TPSA) is 83.8 Å². The van der Waals surface area contributed by atoms with E-state index in [4.69, 9.17) is 0 Å². The van der Waals surface area contributed by atoms with Gasteiger partial charge in [-0.15, -0.1) is 11.3 Å². The van der Waals surface area contributed by atoms with Crippen LogP contribution in [0.25, 0.3) is 0 Å². The Hall–Kier alpha value is -3.00. The largest absolute Gasteiger partial charge is 0.383 e. The van der Waals surface area contributed by atoms with Crippen LogP contribution in [0.2, 0.25) is 0 Å². The van der Waals surface area contributed by atoms with Gasteiger partial charge in [-0.3, -0.25) is 19.7 Å². The number of nitrogens with zero attached hydrogens (tertiary/aromatic N) is 3. The van der Waals surface area contributed by atoms with Crippen molar-refractivity contribution >= 4 is 34.4 Å². The second kappa shape index (κ2) is 7.09. The average Bonchev–Trinajstić information content (AvgIpc) is 3.05. The molecule has 2 aromatic rings. The summed E-state index contributed by atoms with van der Waals surface area (Å²) in [6.45, 7) is 0.366. The molecule has 0 spiro atoms. The van der Waals surface area contributed by atoms with Crippen molar-refractivity contribution in [1.29, 1.82) is 0 Å². The third kappa shape index (κ3) is 3.36. The predicted octanol–water partition coefficient (Wildman–Crippen LogP) is 3.34. The van der Waals surface area contributed by atoms with E-state index in [1.54, 1.807) is 22.5 Å². The number of hydrogen-bond acceptors (Lipinski definition) is 6. The van der Waals surface area contributed by atoms with E-state index in [1.165, 1.54) is 35.6 Å². The van der Waals surface area contributed by atoms with E-state index in [9.17, 15) is 19.7 Å². The summed E-state index contributed by atoms with van der Waals surface area (Å²) in [5.74, 6) is -0.346. The van der Waals surface area contributed by atoms with Gasteiger partial charge < -0.3 is 9.80 Å². The molecule has 0 saturated heterocycles. The first-order valence-corrected chi connectivity index (χ1v) is 8.82. The van der Waals surface area contributed by atoms with Crippen molar-refractivity contribution in [2.75, 3.05) is 25.5 Å². The van der Waals surface area contributed by atoms with E-state index in [0.29, 0.717) is 34.7 Å². The maximum absolute atomic E-state index is 12.9. The SMILES string of the molecule is CN(C)C=C1CCN(C(=O)c2ccc([N+](=O)[O-])cc2)c2ccsc2C1=O. The highest BCUT2D eigenvalue weighted by molar-refractivity contribution is 7.13. The number of carbonyl (C=O) groups excluding carboxylic acids is 2. The highest BCUT2D eigenvalue weighted by Gasteiger charge is 2.30. The fraction of sp³-hybridized carbons (Fsp3) is 0.222. The molecule has 0 unspecified atom stereocenters. The van der Waals surface area contributed by atoms with Gasteiger partial charge in [0.1, 0.15) is 0 Å². The summed E-state index contributed by atoms with van der Waals surface area (Å²) in [7, 11) is 3.70. The number of anilines is 1. The van der Waals surface area contributed by atoms with Gasteiger partial charge in [0, 0.05) is 50.1 Å². The van der Waals surface area contributed by atoms with E-state index in [-0.39, 0.29) is 17.4 Å². The number of hydrogen-bond donors (Lipinski definition) is 0. The smallest absolute Gasteiger partial charge is 0.269 e. The molecule has 3 rings (SSSR count). The molecule has 7 nitrogen and oxygen atoms in total. The van der Waals surface area contributed by atoms with E-state index in [1.807, 2.05) is 19.0 Å². The number of ketones is 1. The van der Waals surface area contributed by atoms with Crippen molar-refractivity contribution in [3.63, 3.8) is 0 Å². The molecule has 0 bridgehead atoms. The van der Waals surface area contributed by atoms with Gasteiger partial charge in [0.25, 0.3) is 11.6 Å². The molecule has 1 aliphatic rings. The maximum atomic E-state index is 12.9.